The van der Waals surface area contributed by atoms with Crippen molar-refractivity contribution in [2.24, 2.45) is 0 Å². The molecule has 2 fully saturated rings. The fraction of sp³-hybridized carbons (Fsp3) is 0.588. The van der Waals surface area contributed by atoms with Gasteiger partial charge in [0.1, 0.15) is 0 Å². The van der Waals surface area contributed by atoms with Crippen LogP contribution < -0.4 is 4.90 Å². The second kappa shape index (κ2) is 5.46. The van der Waals surface area contributed by atoms with Gasteiger partial charge >= 0.3 is 0 Å². The van der Waals surface area contributed by atoms with Crippen LogP contribution in [0.5, 0.6) is 0 Å². The van der Waals surface area contributed by atoms with E-state index in [2.05, 4.69) is 30.1 Å². The Labute approximate surface area is 121 Å². The first-order valence-corrected chi connectivity index (χ1v) is 7.59. The average molecular weight is 270 g/mol. The zero-order valence-electron chi connectivity index (χ0n) is 12.1. The Morgan fingerprint density at radius 3 is 2.60 bits per heavy atom. The highest BCUT2D eigenvalue weighted by molar-refractivity contribution is 5.50. The number of hydrogen-bond donors (Lipinski definition) is 0. The second-order valence-electron chi connectivity index (χ2n) is 6.15. The van der Waals surface area contributed by atoms with Crippen LogP contribution in [0.15, 0.2) is 24.3 Å². The normalized spacial score (nSPS) is 24.5. The van der Waals surface area contributed by atoms with Gasteiger partial charge < -0.3 is 9.64 Å². The molecule has 0 aromatic heterocycles. The molecule has 1 aromatic rings. The van der Waals surface area contributed by atoms with Gasteiger partial charge in [0.25, 0.3) is 0 Å². The summed E-state index contributed by atoms with van der Waals surface area (Å²) in [4.78, 5) is 2.36. The molecule has 1 aromatic carbocycles. The molecule has 0 bridgehead atoms. The summed E-state index contributed by atoms with van der Waals surface area (Å²) < 4.78 is 6.11. The van der Waals surface area contributed by atoms with Crippen LogP contribution in [-0.2, 0) is 4.74 Å². The van der Waals surface area contributed by atoms with Crippen molar-refractivity contribution >= 4 is 5.69 Å². The number of nitriles is 1. The van der Waals surface area contributed by atoms with Gasteiger partial charge in [-0.05, 0) is 49.9 Å². The van der Waals surface area contributed by atoms with Crippen molar-refractivity contribution < 1.29 is 4.74 Å². The maximum absolute atomic E-state index is 8.88. The fourth-order valence-electron chi connectivity index (χ4n) is 3.68. The Hall–Kier alpha value is -1.53. The largest absolute Gasteiger partial charge is 0.375 e. The molecule has 3 rings (SSSR count). The summed E-state index contributed by atoms with van der Waals surface area (Å²) in [5.41, 5.74) is 2.08. The number of benzene rings is 1. The summed E-state index contributed by atoms with van der Waals surface area (Å²) in [6.07, 6.45) is 7.32. The van der Waals surface area contributed by atoms with Crippen LogP contribution in [0.3, 0.4) is 0 Å². The van der Waals surface area contributed by atoms with Crippen LogP contribution in [0.1, 0.15) is 44.1 Å². The van der Waals surface area contributed by atoms with Crippen molar-refractivity contribution in [2.45, 2.75) is 50.2 Å². The van der Waals surface area contributed by atoms with Crippen molar-refractivity contribution in [3.63, 3.8) is 0 Å². The first-order valence-electron chi connectivity index (χ1n) is 7.59. The van der Waals surface area contributed by atoms with Crippen LogP contribution in [0.2, 0.25) is 0 Å². The first-order chi connectivity index (χ1) is 9.72. The number of nitrogens with zero attached hydrogens (tertiary/aromatic N) is 2. The molecule has 1 atom stereocenters. The molecule has 0 N–H and O–H groups in total. The third-order valence-corrected chi connectivity index (χ3v) is 4.93. The van der Waals surface area contributed by atoms with Crippen molar-refractivity contribution in [3.8, 4) is 6.07 Å². The van der Waals surface area contributed by atoms with Gasteiger partial charge in [-0.2, -0.15) is 5.26 Å². The van der Waals surface area contributed by atoms with Gasteiger partial charge in [0, 0.05) is 25.4 Å². The van der Waals surface area contributed by atoms with Gasteiger partial charge in [-0.15, -0.1) is 0 Å². The fourth-order valence-corrected chi connectivity index (χ4v) is 3.68. The summed E-state index contributed by atoms with van der Waals surface area (Å²) in [6, 6.07) is 10.6. The Morgan fingerprint density at radius 2 is 1.95 bits per heavy atom. The molecule has 1 saturated heterocycles. The molecule has 1 unspecified atom stereocenters. The predicted octanol–water partition coefficient (Wildman–Crippen LogP) is 3.49. The zero-order chi connectivity index (χ0) is 14.0. The lowest BCUT2D eigenvalue weighted by Gasteiger charge is -2.42. The molecule has 0 amide bonds. The van der Waals surface area contributed by atoms with Crippen molar-refractivity contribution in [1.82, 2.24) is 0 Å². The standard InChI is InChI=1S/C17H22N2O/c1-19(15-6-4-14(13-18)5-7-15)16-8-11-20-17(12-16)9-2-3-10-17/h4-7,16H,2-3,8-12H2,1H3. The van der Waals surface area contributed by atoms with Crippen LogP contribution in [0, 0.1) is 11.3 Å². The summed E-state index contributed by atoms with van der Waals surface area (Å²) in [6.45, 7) is 0.880. The van der Waals surface area contributed by atoms with E-state index in [4.69, 9.17) is 10.00 Å². The maximum atomic E-state index is 8.88. The smallest absolute Gasteiger partial charge is 0.0991 e. The summed E-state index contributed by atoms with van der Waals surface area (Å²) in [5, 5.41) is 8.88. The Morgan fingerprint density at radius 1 is 1.25 bits per heavy atom. The lowest BCUT2D eigenvalue weighted by atomic mass is 9.88. The van der Waals surface area contributed by atoms with Crippen molar-refractivity contribution in [3.05, 3.63) is 29.8 Å². The minimum Gasteiger partial charge on any atom is -0.375 e. The van der Waals surface area contributed by atoms with Gasteiger partial charge in [0.2, 0.25) is 0 Å². The van der Waals surface area contributed by atoms with Crippen LogP contribution in [0.4, 0.5) is 5.69 Å². The number of hydrogen-bond acceptors (Lipinski definition) is 3. The monoisotopic (exact) mass is 270 g/mol. The van der Waals surface area contributed by atoms with E-state index in [-0.39, 0.29) is 5.60 Å². The highest BCUT2D eigenvalue weighted by atomic mass is 16.5. The minimum absolute atomic E-state index is 0.157. The average Bonchev–Trinajstić information content (AvgIpc) is 2.94. The highest BCUT2D eigenvalue weighted by Crippen LogP contribution is 2.41. The van der Waals surface area contributed by atoms with Crippen LogP contribution in [-0.4, -0.2) is 25.3 Å². The molecule has 3 nitrogen and oxygen atoms in total. The predicted molar refractivity (Wildman–Crippen MR) is 79.7 cm³/mol. The van der Waals surface area contributed by atoms with Gasteiger partial charge in [0.05, 0.1) is 17.2 Å². The lowest BCUT2D eigenvalue weighted by molar-refractivity contribution is -0.0795. The Balaban J connectivity index is 1.72. The van der Waals surface area contributed by atoms with Gasteiger partial charge in [-0.25, -0.2) is 0 Å². The Kier molecular flexibility index (Phi) is 3.67. The molecule has 2 aliphatic rings. The van der Waals surface area contributed by atoms with Crippen LogP contribution >= 0.6 is 0 Å². The van der Waals surface area contributed by atoms with Gasteiger partial charge in [0.15, 0.2) is 0 Å². The molecular weight excluding hydrogens is 248 g/mol. The topological polar surface area (TPSA) is 36.3 Å². The van der Waals surface area contributed by atoms with Gasteiger partial charge in [-0.3, -0.25) is 0 Å². The third-order valence-electron chi connectivity index (χ3n) is 4.93. The molecule has 0 radical (unpaired) electrons. The molecule has 106 valence electrons. The minimum atomic E-state index is 0.157. The van der Waals surface area contributed by atoms with E-state index in [1.807, 2.05) is 12.1 Å². The second-order valence-corrected chi connectivity index (χ2v) is 6.15. The number of rotatable bonds is 2. The van der Waals surface area contributed by atoms with Gasteiger partial charge in [-0.1, -0.05) is 12.8 Å². The summed E-state index contributed by atoms with van der Waals surface area (Å²) >= 11 is 0. The summed E-state index contributed by atoms with van der Waals surface area (Å²) in [5.74, 6) is 0. The highest BCUT2D eigenvalue weighted by Gasteiger charge is 2.40. The molecule has 3 heteroatoms. The molecular formula is C17H22N2O. The molecule has 20 heavy (non-hydrogen) atoms. The quantitative estimate of drug-likeness (QED) is 0.825. The molecule has 1 aliphatic carbocycles. The van der Waals surface area contributed by atoms with Crippen molar-refractivity contribution in [2.75, 3.05) is 18.6 Å². The van der Waals surface area contributed by atoms with E-state index in [0.717, 1.165) is 25.0 Å². The maximum Gasteiger partial charge on any atom is 0.0991 e. The Bertz CT molecular complexity index is 497. The number of ether oxygens (including phenoxy) is 1. The first kappa shape index (κ1) is 13.5. The van der Waals surface area contributed by atoms with E-state index in [1.165, 1.54) is 31.4 Å². The summed E-state index contributed by atoms with van der Waals surface area (Å²) in [7, 11) is 2.17. The molecule has 1 spiro atoms. The number of anilines is 1. The van der Waals surface area contributed by atoms with Crippen LogP contribution in [0.25, 0.3) is 0 Å². The van der Waals surface area contributed by atoms with E-state index in [9.17, 15) is 0 Å². The van der Waals surface area contributed by atoms with E-state index < -0.39 is 0 Å². The van der Waals surface area contributed by atoms with E-state index in [1.54, 1.807) is 0 Å². The van der Waals surface area contributed by atoms with E-state index in [0.29, 0.717) is 6.04 Å². The molecule has 1 saturated carbocycles. The zero-order valence-corrected chi connectivity index (χ0v) is 12.1. The molecule has 1 aliphatic heterocycles. The molecule has 1 heterocycles. The van der Waals surface area contributed by atoms with E-state index >= 15 is 0 Å². The lowest BCUT2D eigenvalue weighted by Crippen LogP contribution is -2.46. The third kappa shape index (κ3) is 2.53. The SMILES string of the molecule is CN(c1ccc(C#N)cc1)C1CCOC2(CCCC2)C1. The van der Waals surface area contributed by atoms with Crippen molar-refractivity contribution in [1.29, 1.82) is 5.26 Å².